The number of aromatic nitrogens is 8. The highest BCUT2D eigenvalue weighted by Gasteiger charge is 2.29. The van der Waals surface area contributed by atoms with Gasteiger partial charge in [0.15, 0.2) is 16.9 Å². The van der Waals surface area contributed by atoms with Crippen LogP contribution in [0.25, 0.3) is 99.1 Å². The van der Waals surface area contributed by atoms with Crippen LogP contribution in [0, 0.1) is 68.4 Å². The van der Waals surface area contributed by atoms with Gasteiger partial charge in [-0.3, -0.25) is 0 Å². The number of thiophene rings is 3. The van der Waals surface area contributed by atoms with Gasteiger partial charge in [0.1, 0.15) is 28.9 Å². The summed E-state index contributed by atoms with van der Waals surface area (Å²) in [5.74, 6) is -2.23. The third-order valence-corrected chi connectivity index (χ3v) is 30.2. The quantitative estimate of drug-likeness (QED) is 0.0408. The van der Waals surface area contributed by atoms with E-state index in [4.69, 9.17) is 66.5 Å². The van der Waals surface area contributed by atoms with Crippen molar-refractivity contribution in [3.8, 4) is 54.9 Å². The Hall–Kier alpha value is -9.21. The Bertz CT molecular complexity index is 7460. The molecule has 0 fully saturated rings. The van der Waals surface area contributed by atoms with E-state index in [2.05, 4.69) is 104 Å². The summed E-state index contributed by atoms with van der Waals surface area (Å²) in [6.45, 7) is 11.7. The maximum Gasteiger partial charge on any atom is 0.490 e. The van der Waals surface area contributed by atoms with Gasteiger partial charge in [-0.2, -0.15) is 0 Å². The van der Waals surface area contributed by atoms with Crippen LogP contribution in [0.15, 0.2) is 277 Å². The molecule has 18 rings (SSSR count). The van der Waals surface area contributed by atoms with Crippen LogP contribution in [0.2, 0.25) is 20.1 Å². The molecular weight excluding hydrogens is 2050 g/mol. The highest BCUT2D eigenvalue weighted by molar-refractivity contribution is 14.1. The number of rotatable bonds is 13. The molecule has 18 aromatic rings. The lowest BCUT2D eigenvalue weighted by Gasteiger charge is -2.07. The van der Waals surface area contributed by atoms with Gasteiger partial charge < -0.3 is 25.1 Å². The zero-order valence-electron chi connectivity index (χ0n) is 65.9. The molecule has 0 aliphatic heterocycles. The summed E-state index contributed by atoms with van der Waals surface area (Å²) < 4.78 is 140. The van der Waals surface area contributed by atoms with E-state index in [1.54, 1.807) is 156 Å². The van der Waals surface area contributed by atoms with E-state index in [1.807, 2.05) is 76.7 Å². The second-order valence-corrected chi connectivity index (χ2v) is 41.1. The van der Waals surface area contributed by atoms with Crippen LogP contribution in [0.5, 0.6) is 0 Å². The number of benzene rings is 7. The third-order valence-electron chi connectivity index (χ3n) is 19.1. The van der Waals surface area contributed by atoms with Gasteiger partial charge in [-0.15, -0.1) is 34.0 Å². The molecule has 37 heteroatoms. The summed E-state index contributed by atoms with van der Waals surface area (Å²) in [7, 11) is -14.5. The molecule has 0 aliphatic rings. The van der Waals surface area contributed by atoms with E-state index < -0.39 is 67.6 Å². The Labute approximate surface area is 779 Å². The number of fused-ring (bicyclic) bond motifs is 4. The van der Waals surface area contributed by atoms with Gasteiger partial charge in [0.05, 0.1) is 34.8 Å². The summed E-state index contributed by atoms with van der Waals surface area (Å²) in [5, 5.41) is 42.9. The van der Waals surface area contributed by atoms with Crippen LogP contribution < -0.4 is 10.9 Å². The fourth-order valence-electron chi connectivity index (χ4n) is 12.8. The van der Waals surface area contributed by atoms with Crippen LogP contribution >= 0.6 is 135 Å². The van der Waals surface area contributed by atoms with Gasteiger partial charge in [-0.05, 0) is 232 Å². The average molecular weight is 2110 g/mol. The zero-order chi connectivity index (χ0) is 89.8. The Morgan fingerprint density at radius 2 is 0.808 bits per heavy atom. The zero-order valence-corrected chi connectivity index (χ0v) is 79.1. The first-order valence-corrected chi connectivity index (χ1v) is 48.1. The Balaban J connectivity index is 0.000000134. The van der Waals surface area contributed by atoms with Crippen molar-refractivity contribution in [1.82, 2.24) is 36.8 Å². The number of H-pyrrole nitrogens is 1. The number of hydrogen-bond donors (Lipinski definition) is 5. The SMILES string of the molecule is Cc1cc(B(O)O)cs1.Cc1ccc(S(=O)(=O)n2cc(-c3cccc(F)c3Cl)c3cc(-c4csc(C)c4)cnc32)cc1.Cc1ccc(S(=O)(=O)n2cc(-c3cccc(F)c3Cl)c3cc(Br)cnc32)cc1.Cc1ccc(S(=O)(=O)n2cc(I)c3cc(Br)cnc32)cc1.Cc1csc(-c2cnc3[nH]cc(-c4cccc(F)c4Cl)c3c2)c1.OB(O)c1cccc(F)c1Cl. The fraction of sp³-hybridized carbons (Fsp3) is 0.0682. The van der Waals surface area contributed by atoms with Crippen LogP contribution in [0.4, 0.5) is 17.6 Å². The standard InChI is InChI=1S/C25H18ClFN2O2S2.C20H13BrClFN2O2S.C18H12ClFN2S.C14H10BrIN2O2S.C6H5BClFO2.C5H7BO2S/c1-15-6-8-19(9-7-15)33(30,31)29-13-22(20-4-3-5-23(27)24(20)26)21-11-17(12-28-25(21)29)18-10-16(2)32-14-18;1-12-5-7-14(8-6-12)28(26,27)25-11-17(15-3-2-4-18(23)19(15)22)16-9-13(21)10-24-20(16)25;1-10-5-16(23-9-10)11-6-13-14(8-22-18(13)21-7-11)12-3-2-4-15(20)17(12)19;1-9-2-4-11(5-3-9)21(19,20)18-8-13(16)12-6-10(15)7-17-14(12)18;8-6-4(7(10)11)2-1-3-5(6)9;1-4-2-5(3-9-4)6(7)8/h3-14H,1-2H3;2-11H,1H3;2-9H,1H3,(H,21,22);2-8H,1H3;1-3,10-11H;2-3,7-8H,1H3. The van der Waals surface area contributed by atoms with Crippen molar-refractivity contribution in [3.05, 3.63) is 342 Å². The second kappa shape index (κ2) is 39.6. The lowest BCUT2D eigenvalue weighted by Crippen LogP contribution is -2.31. The molecule has 18 nitrogen and oxygen atoms in total. The third kappa shape index (κ3) is 20.8. The molecule has 0 saturated carbocycles. The minimum Gasteiger partial charge on any atom is -0.423 e. The average Bonchev–Trinajstić information content (AvgIpc) is 1.60. The van der Waals surface area contributed by atoms with E-state index in [0.29, 0.717) is 54.2 Å². The van der Waals surface area contributed by atoms with Gasteiger partial charge in [-0.1, -0.05) is 148 Å². The topological polar surface area (TPSA) is 265 Å². The molecule has 0 amide bonds. The predicted octanol–water partition coefficient (Wildman–Crippen LogP) is 22.8. The lowest BCUT2D eigenvalue weighted by atomic mass is 9.80. The largest absolute Gasteiger partial charge is 0.490 e. The smallest absolute Gasteiger partial charge is 0.423 e. The number of nitrogens with zero attached hydrogens (tertiary/aromatic N) is 7. The van der Waals surface area contributed by atoms with E-state index in [-0.39, 0.29) is 51.5 Å². The van der Waals surface area contributed by atoms with Crippen LogP contribution in [0.1, 0.15) is 32.0 Å². The molecule has 0 atom stereocenters. The molecule has 0 saturated heterocycles. The predicted molar refractivity (Wildman–Crippen MR) is 512 cm³/mol. The van der Waals surface area contributed by atoms with Gasteiger partial charge in [0.25, 0.3) is 30.1 Å². The fourth-order valence-corrected chi connectivity index (χ4v) is 21.5. The van der Waals surface area contributed by atoms with Crippen molar-refractivity contribution in [1.29, 1.82) is 0 Å². The van der Waals surface area contributed by atoms with Crippen molar-refractivity contribution in [3.63, 3.8) is 0 Å². The Morgan fingerprint density at radius 1 is 0.400 bits per heavy atom. The summed E-state index contributed by atoms with van der Waals surface area (Å²) >= 11 is 37.6. The molecule has 0 unspecified atom stereocenters. The molecule has 7 aromatic carbocycles. The minimum atomic E-state index is -3.95. The van der Waals surface area contributed by atoms with Gasteiger partial charge in [0, 0.05) is 148 Å². The first-order chi connectivity index (χ1) is 59.4. The maximum absolute atomic E-state index is 14.3. The summed E-state index contributed by atoms with van der Waals surface area (Å²) in [6.07, 6.45) is 12.9. The molecule has 125 heavy (non-hydrogen) atoms. The molecule has 636 valence electrons. The molecule has 11 aromatic heterocycles. The van der Waals surface area contributed by atoms with Crippen LogP contribution in [-0.2, 0) is 30.1 Å². The minimum absolute atomic E-state index is 0.0216. The summed E-state index contributed by atoms with van der Waals surface area (Å²) in [6, 6.07) is 51.0. The van der Waals surface area contributed by atoms with Gasteiger partial charge in [-0.25, -0.2) is 74.7 Å². The van der Waals surface area contributed by atoms with Crippen molar-refractivity contribution < 1.29 is 62.9 Å². The van der Waals surface area contributed by atoms with E-state index in [1.165, 1.54) is 75.9 Å². The normalized spacial score (nSPS) is 11.4. The molecule has 0 radical (unpaired) electrons. The molecule has 11 heterocycles. The van der Waals surface area contributed by atoms with E-state index in [9.17, 15) is 42.8 Å². The summed E-state index contributed by atoms with van der Waals surface area (Å²) in [4.78, 5) is 24.6. The maximum atomic E-state index is 14.3. The highest BCUT2D eigenvalue weighted by Crippen LogP contribution is 2.43. The van der Waals surface area contributed by atoms with Crippen molar-refractivity contribution in [2.45, 2.75) is 56.2 Å². The number of halogens is 11. The first kappa shape index (κ1) is 93.4. The molecule has 0 spiro atoms. The number of aryl methyl sites for hydroxylation is 6. The number of aromatic amines is 1. The number of hydrogen-bond acceptors (Lipinski definition) is 17. The van der Waals surface area contributed by atoms with E-state index >= 15 is 0 Å². The first-order valence-electron chi connectivity index (χ1n) is 37.0. The van der Waals surface area contributed by atoms with E-state index in [0.717, 1.165) is 92.0 Å². The van der Waals surface area contributed by atoms with Crippen molar-refractivity contribution >= 4 is 234 Å². The van der Waals surface area contributed by atoms with Crippen molar-refractivity contribution in [2.75, 3.05) is 0 Å². The second-order valence-electron chi connectivity index (χ2n) is 28.0. The molecule has 0 aliphatic carbocycles. The molecular formula is C88H65B2Br2Cl4F4IN8O10S6. The summed E-state index contributed by atoms with van der Waals surface area (Å²) in [5.41, 5.74) is 12.5. The molecule has 0 bridgehead atoms. The van der Waals surface area contributed by atoms with Gasteiger partial charge >= 0.3 is 14.2 Å². The Morgan fingerprint density at radius 3 is 1.23 bits per heavy atom. The number of pyridine rings is 4. The van der Waals surface area contributed by atoms with Gasteiger partial charge in [0.2, 0.25) is 0 Å². The Kier molecular flexibility index (Phi) is 29.6. The molecule has 5 N–H and O–H groups in total. The number of nitrogens with one attached hydrogen (secondary N) is 1. The van der Waals surface area contributed by atoms with Crippen molar-refractivity contribution in [2.24, 2.45) is 0 Å². The lowest BCUT2D eigenvalue weighted by molar-refractivity contribution is 0.424. The monoisotopic (exact) mass is 2110 g/mol. The highest BCUT2D eigenvalue weighted by atomic mass is 127. The van der Waals surface area contributed by atoms with Crippen LogP contribution in [0.3, 0.4) is 0 Å². The van der Waals surface area contributed by atoms with Crippen LogP contribution in [-0.4, -0.2) is 96.4 Å².